The van der Waals surface area contributed by atoms with E-state index >= 15 is 0 Å². The molecule has 1 aromatic carbocycles. The highest BCUT2D eigenvalue weighted by Crippen LogP contribution is 2.15. The second-order valence-electron chi connectivity index (χ2n) is 6.86. The maximum absolute atomic E-state index is 12.1. The lowest BCUT2D eigenvalue weighted by molar-refractivity contribution is -0.123. The van der Waals surface area contributed by atoms with Gasteiger partial charge in [-0.05, 0) is 46.9 Å². The Labute approximate surface area is 135 Å². The van der Waals surface area contributed by atoms with Gasteiger partial charge in [-0.2, -0.15) is 0 Å². The van der Waals surface area contributed by atoms with Crippen LogP contribution < -0.4 is 10.9 Å². The Balaban J connectivity index is 2.18. The van der Waals surface area contributed by atoms with Crippen LogP contribution in [-0.4, -0.2) is 39.9 Å². The number of nitrogens with zero attached hydrogens (tertiary/aromatic N) is 2. The Hall–Kier alpha value is -2.21. The predicted octanol–water partition coefficient (Wildman–Crippen LogP) is 1.83. The van der Waals surface area contributed by atoms with Crippen molar-refractivity contribution < 1.29 is 4.79 Å². The van der Waals surface area contributed by atoms with Gasteiger partial charge in [0, 0.05) is 5.54 Å². The van der Waals surface area contributed by atoms with Crippen LogP contribution in [0.25, 0.3) is 10.9 Å². The minimum Gasteiger partial charge on any atom is -0.350 e. The van der Waals surface area contributed by atoms with E-state index < -0.39 is 0 Å². The summed E-state index contributed by atoms with van der Waals surface area (Å²) < 4.78 is 0. The number of amides is 1. The molecule has 0 bridgehead atoms. The van der Waals surface area contributed by atoms with Gasteiger partial charge in [0.1, 0.15) is 5.82 Å². The fourth-order valence-corrected chi connectivity index (χ4v) is 2.33. The fraction of sp³-hybridized carbons (Fsp3) is 0.471. The minimum absolute atomic E-state index is 0.0602. The number of hydrogen-bond acceptors (Lipinski definition) is 4. The van der Waals surface area contributed by atoms with Gasteiger partial charge in [-0.25, -0.2) is 4.98 Å². The van der Waals surface area contributed by atoms with Crippen molar-refractivity contribution in [2.24, 2.45) is 0 Å². The molecule has 2 rings (SSSR count). The SMILES string of the molecule is CC(c1nc2ccccc2c(=O)[nH]1)N(C)CC(=O)NC(C)(C)C. The Bertz CT molecular complexity index is 761. The van der Waals surface area contributed by atoms with Gasteiger partial charge in [0.05, 0.1) is 23.5 Å². The van der Waals surface area contributed by atoms with E-state index in [0.29, 0.717) is 16.7 Å². The van der Waals surface area contributed by atoms with Crippen molar-refractivity contribution in [2.75, 3.05) is 13.6 Å². The monoisotopic (exact) mass is 316 g/mol. The van der Waals surface area contributed by atoms with Gasteiger partial charge < -0.3 is 10.3 Å². The van der Waals surface area contributed by atoms with Crippen LogP contribution in [0.15, 0.2) is 29.1 Å². The highest BCUT2D eigenvalue weighted by molar-refractivity contribution is 5.79. The molecule has 1 amide bonds. The standard InChI is InChI=1S/C17H24N4O2/c1-11(21(5)10-14(22)20-17(2,3)4)15-18-13-9-7-6-8-12(13)16(23)19-15/h6-9,11H,10H2,1-5H3,(H,20,22)(H,18,19,23). The number of likely N-dealkylation sites (N-methyl/N-ethyl adjacent to an activating group) is 1. The summed E-state index contributed by atoms with van der Waals surface area (Å²) in [7, 11) is 1.84. The molecular weight excluding hydrogens is 292 g/mol. The molecule has 0 spiro atoms. The largest absolute Gasteiger partial charge is 0.350 e. The number of aromatic amines is 1. The molecule has 0 aliphatic carbocycles. The molecule has 1 aromatic heterocycles. The molecule has 1 heterocycles. The fourth-order valence-electron chi connectivity index (χ4n) is 2.33. The lowest BCUT2D eigenvalue weighted by atomic mass is 10.1. The van der Waals surface area contributed by atoms with Crippen molar-refractivity contribution in [1.82, 2.24) is 20.2 Å². The van der Waals surface area contributed by atoms with Gasteiger partial charge >= 0.3 is 0 Å². The zero-order valence-corrected chi connectivity index (χ0v) is 14.3. The van der Waals surface area contributed by atoms with Gasteiger partial charge in [0.15, 0.2) is 0 Å². The van der Waals surface area contributed by atoms with Crippen LogP contribution in [0.1, 0.15) is 39.6 Å². The van der Waals surface area contributed by atoms with Gasteiger partial charge in [-0.3, -0.25) is 14.5 Å². The summed E-state index contributed by atoms with van der Waals surface area (Å²) in [6.45, 7) is 7.97. The summed E-state index contributed by atoms with van der Waals surface area (Å²) in [5.74, 6) is 0.495. The van der Waals surface area contributed by atoms with Gasteiger partial charge in [-0.15, -0.1) is 0 Å². The van der Waals surface area contributed by atoms with E-state index in [4.69, 9.17) is 0 Å². The number of fused-ring (bicyclic) bond motifs is 1. The first-order chi connectivity index (χ1) is 10.7. The lowest BCUT2D eigenvalue weighted by Crippen LogP contribution is -2.45. The molecule has 0 saturated heterocycles. The first kappa shape index (κ1) is 17.1. The molecule has 23 heavy (non-hydrogen) atoms. The number of nitrogens with one attached hydrogen (secondary N) is 2. The number of carbonyl (C=O) groups is 1. The Morgan fingerprint density at radius 1 is 1.35 bits per heavy atom. The zero-order chi connectivity index (χ0) is 17.2. The molecule has 1 atom stereocenters. The van der Waals surface area contributed by atoms with Crippen LogP contribution in [0, 0.1) is 0 Å². The van der Waals surface area contributed by atoms with Crippen molar-refractivity contribution in [3.05, 3.63) is 40.4 Å². The first-order valence-corrected chi connectivity index (χ1v) is 7.67. The third kappa shape index (κ3) is 4.39. The molecule has 2 N–H and O–H groups in total. The number of H-pyrrole nitrogens is 1. The summed E-state index contributed by atoms with van der Waals surface area (Å²) in [5, 5.41) is 3.49. The van der Waals surface area contributed by atoms with Crippen LogP contribution in [0.5, 0.6) is 0 Å². The van der Waals surface area contributed by atoms with E-state index in [-0.39, 0.29) is 29.6 Å². The molecule has 0 saturated carbocycles. The van der Waals surface area contributed by atoms with Crippen LogP contribution in [-0.2, 0) is 4.79 Å². The molecule has 124 valence electrons. The van der Waals surface area contributed by atoms with Gasteiger partial charge in [0.25, 0.3) is 5.56 Å². The Morgan fingerprint density at radius 3 is 2.65 bits per heavy atom. The molecular formula is C17H24N4O2. The van der Waals surface area contributed by atoms with E-state index in [1.54, 1.807) is 6.07 Å². The zero-order valence-electron chi connectivity index (χ0n) is 14.3. The first-order valence-electron chi connectivity index (χ1n) is 7.67. The van der Waals surface area contributed by atoms with E-state index in [1.807, 2.05) is 57.8 Å². The van der Waals surface area contributed by atoms with Crippen molar-refractivity contribution >= 4 is 16.8 Å². The highest BCUT2D eigenvalue weighted by Gasteiger charge is 2.20. The van der Waals surface area contributed by atoms with E-state index in [9.17, 15) is 9.59 Å². The smallest absolute Gasteiger partial charge is 0.258 e. The second-order valence-corrected chi connectivity index (χ2v) is 6.86. The maximum Gasteiger partial charge on any atom is 0.258 e. The van der Waals surface area contributed by atoms with E-state index in [1.165, 1.54) is 0 Å². The quantitative estimate of drug-likeness (QED) is 0.902. The lowest BCUT2D eigenvalue weighted by Gasteiger charge is -2.26. The molecule has 0 aliphatic heterocycles. The third-order valence-corrected chi connectivity index (χ3v) is 3.60. The number of para-hydroxylation sites is 1. The Morgan fingerprint density at radius 2 is 2.00 bits per heavy atom. The molecule has 0 aliphatic rings. The molecule has 6 nitrogen and oxygen atoms in total. The summed E-state index contributed by atoms with van der Waals surface area (Å²) in [6.07, 6.45) is 0. The van der Waals surface area contributed by atoms with Crippen LogP contribution in [0.2, 0.25) is 0 Å². The van der Waals surface area contributed by atoms with Crippen molar-refractivity contribution in [2.45, 2.75) is 39.3 Å². The third-order valence-electron chi connectivity index (χ3n) is 3.60. The summed E-state index contributed by atoms with van der Waals surface area (Å²) in [6, 6.07) is 7.04. The van der Waals surface area contributed by atoms with E-state index in [2.05, 4.69) is 15.3 Å². The number of benzene rings is 1. The van der Waals surface area contributed by atoms with E-state index in [0.717, 1.165) is 0 Å². The van der Waals surface area contributed by atoms with Crippen LogP contribution in [0.4, 0.5) is 0 Å². The Kier molecular flexibility index (Phi) is 4.85. The minimum atomic E-state index is -0.267. The van der Waals surface area contributed by atoms with Crippen LogP contribution in [0.3, 0.4) is 0 Å². The van der Waals surface area contributed by atoms with Gasteiger partial charge in [0.2, 0.25) is 5.91 Å². The average molecular weight is 316 g/mol. The summed E-state index contributed by atoms with van der Waals surface area (Å²) in [5.41, 5.74) is 0.229. The number of hydrogen-bond donors (Lipinski definition) is 2. The van der Waals surface area contributed by atoms with Crippen molar-refractivity contribution in [1.29, 1.82) is 0 Å². The normalized spacial score (nSPS) is 13.3. The topological polar surface area (TPSA) is 78.1 Å². The maximum atomic E-state index is 12.1. The van der Waals surface area contributed by atoms with Crippen LogP contribution >= 0.6 is 0 Å². The van der Waals surface area contributed by atoms with Crippen molar-refractivity contribution in [3.8, 4) is 0 Å². The number of rotatable bonds is 4. The molecule has 0 fully saturated rings. The average Bonchev–Trinajstić information content (AvgIpc) is 2.44. The van der Waals surface area contributed by atoms with Crippen molar-refractivity contribution in [3.63, 3.8) is 0 Å². The molecule has 6 heteroatoms. The van der Waals surface area contributed by atoms with Gasteiger partial charge in [-0.1, -0.05) is 12.1 Å². The predicted molar refractivity (Wildman–Crippen MR) is 91.3 cm³/mol. The summed E-state index contributed by atoms with van der Waals surface area (Å²) in [4.78, 5) is 33.4. The molecule has 0 radical (unpaired) electrons. The molecule has 2 aromatic rings. The highest BCUT2D eigenvalue weighted by atomic mass is 16.2. The second kappa shape index (κ2) is 6.50. The summed E-state index contributed by atoms with van der Waals surface area (Å²) >= 11 is 0. The number of carbonyl (C=O) groups excluding carboxylic acids is 1. The number of aromatic nitrogens is 2. The molecule has 1 unspecified atom stereocenters.